The van der Waals surface area contributed by atoms with Crippen LogP contribution in [-0.4, -0.2) is 29.1 Å². The summed E-state index contributed by atoms with van der Waals surface area (Å²) in [5, 5.41) is 7.94. The number of hydrogen-bond donors (Lipinski definition) is 1. The molecule has 0 saturated carbocycles. The number of amides is 1. The Hall–Kier alpha value is -4.50. The average molecular weight is 569 g/mol. The number of hydrogen-bond acceptors (Lipinski definition) is 6. The SMILES string of the molecule is Cc1cc(CC(=O)Nc2cnn(C(C)(C)C)c2)ccc1Oc1ccnc2ccc(CS(=O)(=O)c3ccccc3)cc12. The van der Waals surface area contributed by atoms with Crippen LogP contribution in [0.25, 0.3) is 10.9 Å². The van der Waals surface area contributed by atoms with Crippen LogP contribution in [0.2, 0.25) is 0 Å². The molecular weight excluding hydrogens is 536 g/mol. The summed E-state index contributed by atoms with van der Waals surface area (Å²) >= 11 is 0. The molecule has 41 heavy (non-hydrogen) atoms. The van der Waals surface area contributed by atoms with E-state index in [4.69, 9.17) is 4.74 Å². The van der Waals surface area contributed by atoms with Crippen molar-refractivity contribution in [1.29, 1.82) is 0 Å². The number of fused-ring (bicyclic) bond motifs is 1. The van der Waals surface area contributed by atoms with Gasteiger partial charge in [-0.15, -0.1) is 0 Å². The number of carbonyl (C=O) groups excluding carboxylic acids is 1. The molecular formula is C32H32N4O4S. The van der Waals surface area contributed by atoms with Gasteiger partial charge in [-0.2, -0.15) is 5.10 Å². The smallest absolute Gasteiger partial charge is 0.228 e. The highest BCUT2D eigenvalue weighted by Crippen LogP contribution is 2.32. The first-order chi connectivity index (χ1) is 19.5. The summed E-state index contributed by atoms with van der Waals surface area (Å²) in [6, 6.07) is 21.2. The second kappa shape index (κ2) is 11.2. The van der Waals surface area contributed by atoms with Crippen molar-refractivity contribution in [2.24, 2.45) is 0 Å². The maximum absolute atomic E-state index is 12.9. The molecule has 0 aliphatic carbocycles. The van der Waals surface area contributed by atoms with Gasteiger partial charge in [0.15, 0.2) is 9.84 Å². The summed E-state index contributed by atoms with van der Waals surface area (Å²) in [6.45, 7) is 8.05. The summed E-state index contributed by atoms with van der Waals surface area (Å²) in [6.07, 6.45) is 5.33. The fourth-order valence-corrected chi connectivity index (χ4v) is 5.83. The summed E-state index contributed by atoms with van der Waals surface area (Å²) in [7, 11) is -3.50. The van der Waals surface area contributed by atoms with Crippen molar-refractivity contribution in [1.82, 2.24) is 14.8 Å². The summed E-state index contributed by atoms with van der Waals surface area (Å²) < 4.78 is 34.0. The van der Waals surface area contributed by atoms with E-state index in [1.165, 1.54) is 0 Å². The number of ether oxygens (including phenoxy) is 1. The fraction of sp³-hybridized carbons (Fsp3) is 0.219. The number of aryl methyl sites for hydroxylation is 1. The van der Waals surface area contributed by atoms with Gasteiger partial charge in [-0.25, -0.2) is 8.42 Å². The second-order valence-electron chi connectivity index (χ2n) is 11.0. The molecule has 0 bridgehead atoms. The number of nitrogens with zero attached hydrogens (tertiary/aromatic N) is 3. The Bertz CT molecular complexity index is 1820. The molecule has 0 fully saturated rings. The van der Waals surface area contributed by atoms with Crippen LogP contribution in [-0.2, 0) is 32.3 Å². The Morgan fingerprint density at radius 1 is 0.951 bits per heavy atom. The maximum Gasteiger partial charge on any atom is 0.228 e. The van der Waals surface area contributed by atoms with Crippen molar-refractivity contribution in [3.05, 3.63) is 108 Å². The van der Waals surface area contributed by atoms with Crippen molar-refractivity contribution in [2.75, 3.05) is 5.32 Å². The molecule has 0 unspecified atom stereocenters. The molecule has 5 rings (SSSR count). The number of benzene rings is 3. The van der Waals surface area contributed by atoms with Crippen molar-refractivity contribution in [3.63, 3.8) is 0 Å². The number of carbonyl (C=O) groups is 1. The number of pyridine rings is 1. The average Bonchev–Trinajstić information content (AvgIpc) is 3.40. The second-order valence-corrected chi connectivity index (χ2v) is 13.0. The molecule has 1 amide bonds. The molecule has 8 nitrogen and oxygen atoms in total. The zero-order valence-electron chi connectivity index (χ0n) is 23.5. The largest absolute Gasteiger partial charge is 0.456 e. The molecule has 0 aliphatic rings. The van der Waals surface area contributed by atoms with Gasteiger partial charge in [0.25, 0.3) is 0 Å². The third-order valence-electron chi connectivity index (χ3n) is 6.60. The van der Waals surface area contributed by atoms with Crippen molar-refractivity contribution in [3.8, 4) is 11.5 Å². The first-order valence-electron chi connectivity index (χ1n) is 13.3. The quantitative estimate of drug-likeness (QED) is 0.231. The summed E-state index contributed by atoms with van der Waals surface area (Å²) in [5.74, 6) is 0.937. The molecule has 0 spiro atoms. The van der Waals surface area contributed by atoms with E-state index in [9.17, 15) is 13.2 Å². The standard InChI is InChI=1S/C32H32N4O4S/c1-22-16-23(18-31(37)35-25-19-34-36(20-25)32(2,3)4)11-13-29(22)40-30-14-15-33-28-12-10-24(17-27(28)30)21-41(38,39)26-8-6-5-7-9-26/h5-17,19-20H,18,21H2,1-4H3,(H,35,37). The van der Waals surface area contributed by atoms with Gasteiger partial charge in [-0.3, -0.25) is 14.5 Å². The van der Waals surface area contributed by atoms with E-state index < -0.39 is 9.84 Å². The first-order valence-corrected chi connectivity index (χ1v) is 14.9. The minimum absolute atomic E-state index is 0.131. The van der Waals surface area contributed by atoms with Gasteiger partial charge in [0.05, 0.1) is 40.0 Å². The van der Waals surface area contributed by atoms with Gasteiger partial charge >= 0.3 is 0 Å². The highest BCUT2D eigenvalue weighted by atomic mass is 32.2. The van der Waals surface area contributed by atoms with Crippen LogP contribution in [0.1, 0.15) is 37.5 Å². The molecule has 9 heteroatoms. The van der Waals surface area contributed by atoms with Crippen LogP contribution in [0.4, 0.5) is 5.69 Å². The van der Waals surface area contributed by atoms with Crippen LogP contribution in [0, 0.1) is 6.92 Å². The van der Waals surface area contributed by atoms with Gasteiger partial charge in [0, 0.05) is 17.8 Å². The predicted molar refractivity (Wildman–Crippen MR) is 160 cm³/mol. The summed E-state index contributed by atoms with van der Waals surface area (Å²) in [5.41, 5.74) is 3.54. The topological polar surface area (TPSA) is 103 Å². The molecule has 0 radical (unpaired) electrons. The van der Waals surface area contributed by atoms with Crippen molar-refractivity contribution < 1.29 is 17.9 Å². The first kappa shape index (κ1) is 28.0. The Labute approximate surface area is 239 Å². The van der Waals surface area contributed by atoms with E-state index in [0.717, 1.165) is 11.1 Å². The molecule has 0 aliphatic heterocycles. The van der Waals surface area contributed by atoms with Crippen molar-refractivity contribution >= 4 is 32.3 Å². The van der Waals surface area contributed by atoms with Gasteiger partial charge in [-0.1, -0.05) is 36.4 Å². The van der Waals surface area contributed by atoms with Crippen LogP contribution in [0.5, 0.6) is 11.5 Å². The van der Waals surface area contributed by atoms with Gasteiger partial charge in [0.1, 0.15) is 11.5 Å². The van der Waals surface area contributed by atoms with Gasteiger partial charge in [0.2, 0.25) is 5.91 Å². The highest BCUT2D eigenvalue weighted by Gasteiger charge is 2.17. The predicted octanol–water partition coefficient (Wildman–Crippen LogP) is 6.44. The van der Waals surface area contributed by atoms with Crippen LogP contribution >= 0.6 is 0 Å². The van der Waals surface area contributed by atoms with Crippen molar-refractivity contribution in [2.45, 2.75) is 50.3 Å². The normalized spacial score (nSPS) is 11.9. The third-order valence-corrected chi connectivity index (χ3v) is 8.31. The maximum atomic E-state index is 12.9. The van der Waals surface area contributed by atoms with Gasteiger partial charge in [-0.05, 0) is 80.8 Å². The Morgan fingerprint density at radius 2 is 1.71 bits per heavy atom. The third kappa shape index (κ3) is 6.63. The minimum atomic E-state index is -3.50. The number of aromatic nitrogens is 3. The number of nitrogens with one attached hydrogen (secondary N) is 1. The Morgan fingerprint density at radius 3 is 2.41 bits per heavy atom. The Balaban J connectivity index is 1.31. The molecule has 1 N–H and O–H groups in total. The number of sulfone groups is 1. The van der Waals surface area contributed by atoms with Crippen LogP contribution in [0.15, 0.2) is 96.3 Å². The zero-order chi connectivity index (χ0) is 29.2. The molecule has 2 heterocycles. The van der Waals surface area contributed by atoms with E-state index in [1.807, 2.05) is 62.8 Å². The monoisotopic (exact) mass is 568 g/mol. The lowest BCUT2D eigenvalue weighted by Crippen LogP contribution is -2.22. The van der Waals surface area contributed by atoms with E-state index in [1.54, 1.807) is 60.9 Å². The molecule has 5 aromatic rings. The fourth-order valence-electron chi connectivity index (χ4n) is 4.48. The van der Waals surface area contributed by atoms with E-state index in [0.29, 0.717) is 33.7 Å². The van der Waals surface area contributed by atoms with E-state index in [-0.39, 0.29) is 28.5 Å². The number of rotatable bonds is 8. The lowest BCUT2D eigenvalue weighted by Gasteiger charge is -2.18. The van der Waals surface area contributed by atoms with E-state index >= 15 is 0 Å². The Kier molecular flexibility index (Phi) is 7.64. The zero-order valence-corrected chi connectivity index (χ0v) is 24.3. The van der Waals surface area contributed by atoms with Crippen LogP contribution < -0.4 is 10.1 Å². The summed E-state index contributed by atoms with van der Waals surface area (Å²) in [4.78, 5) is 17.4. The van der Waals surface area contributed by atoms with Gasteiger partial charge < -0.3 is 10.1 Å². The number of anilines is 1. The lowest BCUT2D eigenvalue weighted by molar-refractivity contribution is -0.115. The molecule has 2 aromatic heterocycles. The van der Waals surface area contributed by atoms with E-state index in [2.05, 4.69) is 15.4 Å². The minimum Gasteiger partial charge on any atom is -0.456 e. The molecule has 210 valence electrons. The van der Waals surface area contributed by atoms with Crippen LogP contribution in [0.3, 0.4) is 0 Å². The molecule has 3 aromatic carbocycles. The molecule has 0 atom stereocenters. The molecule has 0 saturated heterocycles. The highest BCUT2D eigenvalue weighted by molar-refractivity contribution is 7.90. The lowest BCUT2D eigenvalue weighted by atomic mass is 10.1.